The second kappa shape index (κ2) is 7.00. The maximum atomic E-state index is 14.3. The van der Waals surface area contributed by atoms with Gasteiger partial charge in [0.15, 0.2) is 5.78 Å². The van der Waals surface area contributed by atoms with Crippen LogP contribution in [-0.4, -0.2) is 40.8 Å². The average Bonchev–Trinajstić information content (AvgIpc) is 2.81. The van der Waals surface area contributed by atoms with Crippen molar-refractivity contribution in [1.82, 2.24) is 10.2 Å². The van der Waals surface area contributed by atoms with E-state index >= 15 is 0 Å². The molecule has 0 radical (unpaired) electrons. The molecule has 0 aromatic heterocycles. The molecule has 8 heteroatoms. The molecule has 1 heterocycles. The topological polar surface area (TPSA) is 66.5 Å². The molecule has 0 spiro atoms. The van der Waals surface area contributed by atoms with Crippen molar-refractivity contribution in [3.05, 3.63) is 47.2 Å². The Hall–Kier alpha value is -2.64. The summed E-state index contributed by atoms with van der Waals surface area (Å²) < 4.78 is 42.8. The molecule has 0 unspecified atom stereocenters. The molecular weight excluding hydrogens is 385 g/mol. The fourth-order valence-electron chi connectivity index (χ4n) is 4.21. The van der Waals surface area contributed by atoms with Gasteiger partial charge in [0, 0.05) is 25.6 Å². The molecule has 2 amide bonds. The normalized spacial score (nSPS) is 24.0. The number of halogens is 3. The lowest BCUT2D eigenvalue weighted by Crippen LogP contribution is -2.66. The Balaban J connectivity index is 2.11. The number of nitrogens with zero attached hydrogens (tertiary/aromatic N) is 1. The molecular formula is C21H23F3N2O3. The Morgan fingerprint density at radius 1 is 1.14 bits per heavy atom. The Kier molecular flexibility index (Phi) is 5.09. The monoisotopic (exact) mass is 408 g/mol. The third-order valence-corrected chi connectivity index (χ3v) is 5.37. The summed E-state index contributed by atoms with van der Waals surface area (Å²) in [6.07, 6.45) is -4.80. The Morgan fingerprint density at radius 3 is 2.31 bits per heavy atom. The molecule has 1 aromatic carbocycles. The van der Waals surface area contributed by atoms with Crippen LogP contribution in [0.2, 0.25) is 0 Å². The highest BCUT2D eigenvalue weighted by atomic mass is 19.4. The van der Waals surface area contributed by atoms with Crippen LogP contribution in [0.4, 0.5) is 13.2 Å². The summed E-state index contributed by atoms with van der Waals surface area (Å²) in [4.78, 5) is 38.7. The number of rotatable bonds is 4. The highest BCUT2D eigenvalue weighted by Crippen LogP contribution is 2.51. The molecule has 156 valence electrons. The van der Waals surface area contributed by atoms with Gasteiger partial charge in [0.25, 0.3) is 5.91 Å². The molecule has 5 nitrogen and oxygen atoms in total. The fourth-order valence-corrected chi connectivity index (χ4v) is 4.21. The number of carbonyl (C=O) groups excluding carboxylic acids is 3. The van der Waals surface area contributed by atoms with Crippen molar-refractivity contribution in [2.24, 2.45) is 5.41 Å². The minimum absolute atomic E-state index is 0.0115. The van der Waals surface area contributed by atoms with E-state index in [9.17, 15) is 27.6 Å². The Bertz CT molecular complexity index is 890. The third kappa shape index (κ3) is 3.56. The van der Waals surface area contributed by atoms with E-state index in [-0.39, 0.29) is 25.1 Å². The first-order valence-corrected chi connectivity index (χ1v) is 9.37. The first kappa shape index (κ1) is 21.1. The summed E-state index contributed by atoms with van der Waals surface area (Å²) in [5.74, 6) is -3.09. The van der Waals surface area contributed by atoms with E-state index in [4.69, 9.17) is 0 Å². The van der Waals surface area contributed by atoms with Crippen LogP contribution in [0.1, 0.15) is 39.2 Å². The Labute approximate surface area is 166 Å². The van der Waals surface area contributed by atoms with Crippen LogP contribution in [0.5, 0.6) is 0 Å². The molecule has 1 aliphatic heterocycles. The van der Waals surface area contributed by atoms with Gasteiger partial charge in [0.2, 0.25) is 11.4 Å². The highest BCUT2D eigenvalue weighted by molar-refractivity contribution is 6.13. The lowest BCUT2D eigenvalue weighted by molar-refractivity contribution is -0.194. The molecule has 0 saturated heterocycles. The predicted octanol–water partition coefficient (Wildman–Crippen LogP) is 3.15. The summed E-state index contributed by atoms with van der Waals surface area (Å²) in [5.41, 5.74) is -3.61. The zero-order chi connectivity index (χ0) is 21.6. The van der Waals surface area contributed by atoms with Crippen LogP contribution in [0, 0.1) is 5.41 Å². The lowest BCUT2D eigenvalue weighted by atomic mass is 9.72. The second-order valence-corrected chi connectivity index (χ2v) is 8.38. The van der Waals surface area contributed by atoms with Crippen molar-refractivity contribution in [3.63, 3.8) is 0 Å². The molecule has 1 aromatic rings. The standard InChI is InChI=1S/C21H23F3N2O3/c1-13(27)25-20(21(22,23)24)17-15(11-19(2,3)12-16(17)28)26(18(20)29)10-9-14-7-5-4-6-8-14/h4-8H,9-12H2,1-3H3,(H,25,27)/t20-/m1/s1. The molecule has 0 fully saturated rings. The molecule has 29 heavy (non-hydrogen) atoms. The molecule has 3 rings (SSSR count). The van der Waals surface area contributed by atoms with Gasteiger partial charge in [0.05, 0.1) is 5.57 Å². The number of nitrogens with one attached hydrogen (secondary N) is 1. The lowest BCUT2D eigenvalue weighted by Gasteiger charge is -2.35. The van der Waals surface area contributed by atoms with Gasteiger partial charge in [-0.25, -0.2) is 0 Å². The fraction of sp³-hybridized carbons (Fsp3) is 0.476. The van der Waals surface area contributed by atoms with Crippen molar-refractivity contribution in [2.45, 2.75) is 51.7 Å². The summed E-state index contributed by atoms with van der Waals surface area (Å²) in [7, 11) is 0. The van der Waals surface area contributed by atoms with Gasteiger partial charge in [-0.3, -0.25) is 14.4 Å². The average molecular weight is 408 g/mol. The number of hydrogen-bond acceptors (Lipinski definition) is 3. The number of hydrogen-bond donors (Lipinski definition) is 1. The number of ketones is 1. The third-order valence-electron chi connectivity index (χ3n) is 5.37. The van der Waals surface area contributed by atoms with E-state index in [0.29, 0.717) is 6.42 Å². The van der Waals surface area contributed by atoms with Crippen LogP contribution in [0.25, 0.3) is 0 Å². The second-order valence-electron chi connectivity index (χ2n) is 8.38. The molecule has 0 saturated carbocycles. The van der Waals surface area contributed by atoms with Gasteiger partial charge in [-0.2, -0.15) is 13.2 Å². The first-order chi connectivity index (χ1) is 13.4. The molecule has 1 atom stereocenters. The van der Waals surface area contributed by atoms with E-state index in [1.54, 1.807) is 31.3 Å². The summed E-state index contributed by atoms with van der Waals surface area (Å²) in [6.45, 7) is 4.45. The van der Waals surface area contributed by atoms with Crippen LogP contribution in [0.15, 0.2) is 41.6 Å². The van der Waals surface area contributed by atoms with Crippen molar-refractivity contribution in [2.75, 3.05) is 6.54 Å². The van der Waals surface area contributed by atoms with Crippen molar-refractivity contribution < 1.29 is 27.6 Å². The highest BCUT2D eigenvalue weighted by Gasteiger charge is 2.71. The van der Waals surface area contributed by atoms with Gasteiger partial charge in [-0.15, -0.1) is 0 Å². The van der Waals surface area contributed by atoms with Crippen molar-refractivity contribution in [3.8, 4) is 0 Å². The van der Waals surface area contributed by atoms with Gasteiger partial charge in [-0.05, 0) is 23.8 Å². The number of Topliss-reactive ketones (excluding diaryl/α,β-unsaturated/α-hetero) is 1. The number of benzene rings is 1. The zero-order valence-electron chi connectivity index (χ0n) is 16.5. The minimum Gasteiger partial charge on any atom is -0.331 e. The summed E-state index contributed by atoms with van der Waals surface area (Å²) in [6, 6.07) is 9.05. The van der Waals surface area contributed by atoms with E-state index in [2.05, 4.69) is 0 Å². The maximum Gasteiger partial charge on any atom is 0.425 e. The van der Waals surface area contributed by atoms with E-state index in [1.807, 2.05) is 18.2 Å². The van der Waals surface area contributed by atoms with Crippen LogP contribution in [-0.2, 0) is 20.8 Å². The zero-order valence-corrected chi connectivity index (χ0v) is 16.5. The largest absolute Gasteiger partial charge is 0.425 e. The van der Waals surface area contributed by atoms with Crippen LogP contribution in [0.3, 0.4) is 0 Å². The van der Waals surface area contributed by atoms with Gasteiger partial charge >= 0.3 is 6.18 Å². The van der Waals surface area contributed by atoms with Gasteiger partial charge in [0.1, 0.15) is 0 Å². The van der Waals surface area contributed by atoms with Gasteiger partial charge in [-0.1, -0.05) is 44.2 Å². The van der Waals surface area contributed by atoms with Gasteiger partial charge < -0.3 is 10.2 Å². The molecule has 1 N–H and O–H groups in total. The SMILES string of the molecule is CC(=O)N[C@@]1(C(F)(F)F)C(=O)N(CCc2ccccc2)C2=C1C(=O)CC(C)(C)C2. The molecule has 0 bridgehead atoms. The number of carbonyl (C=O) groups is 3. The molecule has 1 aliphatic carbocycles. The predicted molar refractivity (Wildman–Crippen MR) is 99.5 cm³/mol. The molecule has 2 aliphatic rings. The summed E-state index contributed by atoms with van der Waals surface area (Å²) >= 11 is 0. The summed E-state index contributed by atoms with van der Waals surface area (Å²) in [5, 5.41) is 1.80. The smallest absolute Gasteiger partial charge is 0.331 e. The quantitative estimate of drug-likeness (QED) is 0.832. The van der Waals surface area contributed by atoms with E-state index in [1.165, 1.54) is 0 Å². The van der Waals surface area contributed by atoms with Crippen molar-refractivity contribution in [1.29, 1.82) is 0 Å². The first-order valence-electron chi connectivity index (χ1n) is 9.37. The number of allylic oxidation sites excluding steroid dienone is 1. The number of alkyl halides is 3. The Morgan fingerprint density at radius 2 is 1.76 bits per heavy atom. The number of amides is 2. The van der Waals surface area contributed by atoms with Crippen LogP contribution < -0.4 is 5.32 Å². The van der Waals surface area contributed by atoms with Crippen LogP contribution >= 0.6 is 0 Å². The maximum absolute atomic E-state index is 14.3. The van der Waals surface area contributed by atoms with E-state index < -0.39 is 40.3 Å². The van der Waals surface area contributed by atoms with Crippen molar-refractivity contribution >= 4 is 17.6 Å². The van der Waals surface area contributed by atoms with E-state index in [0.717, 1.165) is 17.4 Å². The minimum atomic E-state index is -5.14.